The van der Waals surface area contributed by atoms with Crippen molar-refractivity contribution < 1.29 is 14.7 Å². The number of hydrogen-bond acceptors (Lipinski definition) is 3. The second-order valence-corrected chi connectivity index (χ2v) is 6.13. The normalized spacial score (nSPS) is 19.3. The van der Waals surface area contributed by atoms with Gasteiger partial charge in [0.15, 0.2) is 0 Å². The first-order valence-electron chi connectivity index (χ1n) is 8.01. The topological polar surface area (TPSA) is 69.6 Å². The average Bonchev–Trinajstić information content (AvgIpc) is 3.29. The van der Waals surface area contributed by atoms with Gasteiger partial charge in [-0.15, -0.1) is 0 Å². The molecule has 1 atom stereocenters. The fourth-order valence-electron chi connectivity index (χ4n) is 3.03. The van der Waals surface area contributed by atoms with E-state index >= 15 is 0 Å². The number of aliphatic hydroxyl groups is 1. The van der Waals surface area contributed by atoms with Crippen molar-refractivity contribution in [3.63, 3.8) is 0 Å². The number of rotatable bonds is 6. The molecule has 1 aliphatic heterocycles. The van der Waals surface area contributed by atoms with Crippen LogP contribution in [0, 0.1) is 5.92 Å². The van der Waals surface area contributed by atoms with E-state index in [-0.39, 0.29) is 24.5 Å². The summed E-state index contributed by atoms with van der Waals surface area (Å²) in [6.45, 7) is 0.849. The molecule has 2 amide bonds. The number of carbonyl (C=O) groups is 2. The summed E-state index contributed by atoms with van der Waals surface area (Å²) >= 11 is 0. The van der Waals surface area contributed by atoms with Crippen molar-refractivity contribution in [1.29, 1.82) is 0 Å². The van der Waals surface area contributed by atoms with Gasteiger partial charge in [0, 0.05) is 36.9 Å². The summed E-state index contributed by atoms with van der Waals surface area (Å²) in [5, 5.41) is 12.1. The maximum absolute atomic E-state index is 12.3. The van der Waals surface area contributed by atoms with Crippen LogP contribution in [0.4, 0.5) is 5.69 Å². The Balaban J connectivity index is 1.64. The lowest BCUT2D eigenvalue weighted by Crippen LogP contribution is -2.37. The Morgan fingerprint density at radius 1 is 1.32 bits per heavy atom. The van der Waals surface area contributed by atoms with Gasteiger partial charge in [-0.05, 0) is 55.9 Å². The van der Waals surface area contributed by atoms with Gasteiger partial charge in [0.25, 0.3) is 5.91 Å². The zero-order chi connectivity index (χ0) is 15.5. The molecule has 1 aromatic carbocycles. The minimum atomic E-state index is -0.107. The van der Waals surface area contributed by atoms with E-state index in [9.17, 15) is 9.59 Å². The number of hydrogen-bond donors (Lipinski definition) is 2. The van der Waals surface area contributed by atoms with Crippen molar-refractivity contribution in [1.82, 2.24) is 5.32 Å². The average molecular weight is 302 g/mol. The standard InChI is InChI=1S/C17H22N2O3/c20-11-9-15(12-3-4-12)18-17(22)13-5-7-14(8-6-13)19-10-1-2-16(19)21/h5-8,12,15,20H,1-4,9-11H2,(H,18,22). The highest BCUT2D eigenvalue weighted by molar-refractivity contribution is 5.97. The molecule has 1 heterocycles. The number of nitrogens with one attached hydrogen (secondary N) is 1. The third-order valence-corrected chi connectivity index (χ3v) is 4.46. The zero-order valence-electron chi connectivity index (χ0n) is 12.6. The molecule has 1 unspecified atom stereocenters. The van der Waals surface area contributed by atoms with E-state index in [1.165, 1.54) is 0 Å². The summed E-state index contributed by atoms with van der Waals surface area (Å²) in [5.74, 6) is 0.552. The molecule has 118 valence electrons. The van der Waals surface area contributed by atoms with Crippen molar-refractivity contribution in [2.24, 2.45) is 5.92 Å². The van der Waals surface area contributed by atoms with E-state index in [1.54, 1.807) is 17.0 Å². The molecule has 5 heteroatoms. The fraction of sp³-hybridized carbons (Fsp3) is 0.529. The summed E-state index contributed by atoms with van der Waals surface area (Å²) in [4.78, 5) is 25.8. The van der Waals surface area contributed by atoms with E-state index in [0.717, 1.165) is 31.5 Å². The van der Waals surface area contributed by atoms with Gasteiger partial charge in [-0.25, -0.2) is 0 Å². The molecule has 1 aromatic rings. The lowest BCUT2D eigenvalue weighted by molar-refractivity contribution is -0.117. The van der Waals surface area contributed by atoms with Gasteiger partial charge >= 0.3 is 0 Å². The molecule has 2 fully saturated rings. The Bertz CT molecular complexity index is 552. The highest BCUT2D eigenvalue weighted by Crippen LogP contribution is 2.34. The summed E-state index contributed by atoms with van der Waals surface area (Å²) in [6.07, 6.45) is 4.36. The van der Waals surface area contributed by atoms with Crippen molar-refractivity contribution in [3.05, 3.63) is 29.8 Å². The SMILES string of the molecule is O=C(NC(CCO)C1CC1)c1ccc(N2CCCC2=O)cc1. The summed E-state index contributed by atoms with van der Waals surface area (Å²) in [6, 6.07) is 7.25. The van der Waals surface area contributed by atoms with Crippen LogP contribution in [-0.4, -0.2) is 36.1 Å². The van der Waals surface area contributed by atoms with Crippen molar-refractivity contribution in [2.45, 2.75) is 38.1 Å². The molecule has 0 radical (unpaired) electrons. The molecule has 0 spiro atoms. The monoisotopic (exact) mass is 302 g/mol. The zero-order valence-corrected chi connectivity index (χ0v) is 12.6. The van der Waals surface area contributed by atoms with Crippen LogP contribution in [0.25, 0.3) is 0 Å². The fourth-order valence-corrected chi connectivity index (χ4v) is 3.03. The van der Waals surface area contributed by atoms with Crippen molar-refractivity contribution >= 4 is 17.5 Å². The maximum Gasteiger partial charge on any atom is 0.251 e. The van der Waals surface area contributed by atoms with E-state index in [1.807, 2.05) is 12.1 Å². The maximum atomic E-state index is 12.3. The predicted molar refractivity (Wildman–Crippen MR) is 83.7 cm³/mol. The number of carbonyl (C=O) groups excluding carboxylic acids is 2. The first kappa shape index (κ1) is 15.0. The molecule has 22 heavy (non-hydrogen) atoms. The largest absolute Gasteiger partial charge is 0.396 e. The minimum absolute atomic E-state index is 0.0670. The predicted octanol–water partition coefficient (Wildman–Crippen LogP) is 1.70. The van der Waals surface area contributed by atoms with Crippen LogP contribution in [0.2, 0.25) is 0 Å². The van der Waals surface area contributed by atoms with Crippen molar-refractivity contribution in [2.75, 3.05) is 18.1 Å². The second kappa shape index (κ2) is 6.48. The number of anilines is 1. The molecule has 2 N–H and O–H groups in total. The molecule has 1 saturated carbocycles. The molecule has 2 aliphatic rings. The van der Waals surface area contributed by atoms with Gasteiger partial charge in [-0.2, -0.15) is 0 Å². The van der Waals surface area contributed by atoms with E-state index in [2.05, 4.69) is 5.32 Å². The Morgan fingerprint density at radius 2 is 2.05 bits per heavy atom. The molecule has 3 rings (SSSR count). The lowest BCUT2D eigenvalue weighted by Gasteiger charge is -2.18. The quantitative estimate of drug-likeness (QED) is 0.840. The van der Waals surface area contributed by atoms with Gasteiger partial charge in [0.2, 0.25) is 5.91 Å². The van der Waals surface area contributed by atoms with Gasteiger partial charge in [0.05, 0.1) is 0 Å². The first-order valence-corrected chi connectivity index (χ1v) is 8.01. The molecule has 0 bridgehead atoms. The van der Waals surface area contributed by atoms with Crippen LogP contribution >= 0.6 is 0 Å². The number of benzene rings is 1. The summed E-state index contributed by atoms with van der Waals surface area (Å²) < 4.78 is 0. The van der Waals surface area contributed by atoms with Gasteiger partial charge in [-0.1, -0.05) is 0 Å². The van der Waals surface area contributed by atoms with Crippen LogP contribution in [0.15, 0.2) is 24.3 Å². The van der Waals surface area contributed by atoms with Crippen LogP contribution < -0.4 is 10.2 Å². The van der Waals surface area contributed by atoms with E-state index in [0.29, 0.717) is 24.3 Å². The van der Waals surface area contributed by atoms with Crippen LogP contribution in [0.5, 0.6) is 0 Å². The molecule has 5 nitrogen and oxygen atoms in total. The lowest BCUT2D eigenvalue weighted by atomic mass is 10.1. The Hall–Kier alpha value is -1.88. The number of nitrogens with zero attached hydrogens (tertiary/aromatic N) is 1. The summed E-state index contributed by atoms with van der Waals surface area (Å²) in [7, 11) is 0. The van der Waals surface area contributed by atoms with Crippen molar-refractivity contribution in [3.8, 4) is 0 Å². The third kappa shape index (κ3) is 3.30. The molecule has 1 saturated heterocycles. The minimum Gasteiger partial charge on any atom is -0.396 e. The molecule has 0 aromatic heterocycles. The highest BCUT2D eigenvalue weighted by atomic mass is 16.3. The first-order chi connectivity index (χ1) is 10.7. The second-order valence-electron chi connectivity index (χ2n) is 6.13. The van der Waals surface area contributed by atoms with E-state index < -0.39 is 0 Å². The Kier molecular flexibility index (Phi) is 4.43. The Labute approximate surface area is 130 Å². The number of amides is 2. The van der Waals surface area contributed by atoms with Gasteiger partial charge < -0.3 is 15.3 Å². The van der Waals surface area contributed by atoms with Crippen LogP contribution in [0.1, 0.15) is 42.5 Å². The molecular weight excluding hydrogens is 280 g/mol. The third-order valence-electron chi connectivity index (χ3n) is 4.46. The van der Waals surface area contributed by atoms with Crippen LogP contribution in [-0.2, 0) is 4.79 Å². The smallest absolute Gasteiger partial charge is 0.251 e. The van der Waals surface area contributed by atoms with Gasteiger partial charge in [-0.3, -0.25) is 9.59 Å². The molecule has 1 aliphatic carbocycles. The number of aliphatic hydroxyl groups excluding tert-OH is 1. The van der Waals surface area contributed by atoms with Gasteiger partial charge in [0.1, 0.15) is 0 Å². The van der Waals surface area contributed by atoms with E-state index in [4.69, 9.17) is 5.11 Å². The molecular formula is C17H22N2O3. The highest BCUT2D eigenvalue weighted by Gasteiger charge is 2.32. The summed E-state index contributed by atoms with van der Waals surface area (Å²) in [5.41, 5.74) is 1.45. The van der Waals surface area contributed by atoms with Crippen LogP contribution in [0.3, 0.4) is 0 Å². The Morgan fingerprint density at radius 3 is 2.59 bits per heavy atom.